The summed E-state index contributed by atoms with van der Waals surface area (Å²) in [6, 6.07) is 8.73. The van der Waals surface area contributed by atoms with E-state index in [1.54, 1.807) is 18.2 Å². The van der Waals surface area contributed by atoms with Crippen molar-refractivity contribution in [1.29, 1.82) is 0 Å². The minimum atomic E-state index is -4.49. The first-order chi connectivity index (χ1) is 12.8. The number of ether oxygens (including phenoxy) is 3. The van der Waals surface area contributed by atoms with Gasteiger partial charge in [0.1, 0.15) is 0 Å². The molecule has 0 aromatic heterocycles. The number of fused-ring (bicyclic) bond motifs is 1. The summed E-state index contributed by atoms with van der Waals surface area (Å²) >= 11 is 0. The number of nitrogens with one attached hydrogen (secondary N) is 1. The van der Waals surface area contributed by atoms with Crippen LogP contribution < -0.4 is 14.8 Å². The van der Waals surface area contributed by atoms with Gasteiger partial charge in [-0.15, -0.1) is 0 Å². The number of benzene rings is 2. The Bertz CT molecular complexity index is 849. The zero-order chi connectivity index (χ0) is 19.4. The van der Waals surface area contributed by atoms with Gasteiger partial charge in [0.2, 0.25) is 6.79 Å². The predicted molar refractivity (Wildman–Crippen MR) is 86.1 cm³/mol. The van der Waals surface area contributed by atoms with Gasteiger partial charge in [-0.1, -0.05) is 6.07 Å². The highest BCUT2D eigenvalue weighted by Gasteiger charge is 2.30. The quantitative estimate of drug-likeness (QED) is 0.807. The standard InChI is InChI=1S/C18H14F3NO5/c19-18(20,21)13-4-2-12(3-5-13)17(24)25-9-16(23)22-8-11-1-6-14-15(7-11)27-10-26-14/h1-7H,8-10H2,(H,22,23). The summed E-state index contributed by atoms with van der Waals surface area (Å²) in [5.41, 5.74) is -0.186. The molecule has 0 radical (unpaired) electrons. The molecular weight excluding hydrogens is 367 g/mol. The third-order valence-corrected chi connectivity index (χ3v) is 3.71. The van der Waals surface area contributed by atoms with Crippen LogP contribution in [0.3, 0.4) is 0 Å². The van der Waals surface area contributed by atoms with E-state index >= 15 is 0 Å². The van der Waals surface area contributed by atoms with Crippen molar-refractivity contribution in [3.05, 3.63) is 59.2 Å². The van der Waals surface area contributed by atoms with E-state index < -0.39 is 30.2 Å². The lowest BCUT2D eigenvalue weighted by atomic mass is 10.1. The third kappa shape index (κ3) is 4.69. The monoisotopic (exact) mass is 381 g/mol. The molecule has 142 valence electrons. The molecule has 0 unspecified atom stereocenters. The summed E-state index contributed by atoms with van der Waals surface area (Å²) in [6.45, 7) is -0.219. The SMILES string of the molecule is O=C(COC(=O)c1ccc(C(F)(F)F)cc1)NCc1ccc2c(c1)OCO2. The molecule has 3 rings (SSSR count). The van der Waals surface area contributed by atoms with Crippen LogP contribution in [0.2, 0.25) is 0 Å². The van der Waals surface area contributed by atoms with Gasteiger partial charge in [0.05, 0.1) is 11.1 Å². The van der Waals surface area contributed by atoms with Crippen LogP contribution >= 0.6 is 0 Å². The zero-order valence-electron chi connectivity index (χ0n) is 13.8. The number of halogens is 3. The second kappa shape index (κ2) is 7.56. The smallest absolute Gasteiger partial charge is 0.416 e. The van der Waals surface area contributed by atoms with E-state index in [9.17, 15) is 22.8 Å². The van der Waals surface area contributed by atoms with Crippen LogP contribution in [0.5, 0.6) is 11.5 Å². The highest BCUT2D eigenvalue weighted by Crippen LogP contribution is 2.32. The summed E-state index contributed by atoms with van der Waals surface area (Å²) in [5.74, 6) is -0.235. The molecule has 0 spiro atoms. The molecule has 0 saturated carbocycles. The van der Waals surface area contributed by atoms with E-state index in [0.29, 0.717) is 11.5 Å². The first kappa shape index (κ1) is 18.6. The van der Waals surface area contributed by atoms with Gasteiger partial charge in [-0.25, -0.2) is 4.79 Å². The minimum absolute atomic E-state index is 0.0772. The molecule has 0 fully saturated rings. The molecule has 1 amide bonds. The molecule has 0 aliphatic carbocycles. The van der Waals surface area contributed by atoms with Crippen LogP contribution in [-0.4, -0.2) is 25.3 Å². The molecule has 2 aromatic rings. The van der Waals surface area contributed by atoms with Crippen molar-refractivity contribution < 1.29 is 37.0 Å². The van der Waals surface area contributed by atoms with Crippen molar-refractivity contribution in [3.8, 4) is 11.5 Å². The number of carbonyl (C=O) groups is 2. The number of carbonyl (C=O) groups excluding carboxylic acids is 2. The van der Waals surface area contributed by atoms with E-state index in [-0.39, 0.29) is 18.9 Å². The molecule has 2 aromatic carbocycles. The van der Waals surface area contributed by atoms with Crippen molar-refractivity contribution >= 4 is 11.9 Å². The van der Waals surface area contributed by atoms with Gasteiger partial charge in [-0.3, -0.25) is 4.79 Å². The number of hydrogen-bond acceptors (Lipinski definition) is 5. The fourth-order valence-corrected chi connectivity index (χ4v) is 2.31. The highest BCUT2D eigenvalue weighted by molar-refractivity contribution is 5.91. The van der Waals surface area contributed by atoms with E-state index in [1.165, 1.54) is 0 Å². The van der Waals surface area contributed by atoms with Gasteiger partial charge >= 0.3 is 12.1 Å². The van der Waals surface area contributed by atoms with Crippen molar-refractivity contribution in [2.24, 2.45) is 0 Å². The second-order valence-corrected chi connectivity index (χ2v) is 5.62. The molecular formula is C18H14F3NO5. The van der Waals surface area contributed by atoms with Crippen LogP contribution in [0.1, 0.15) is 21.5 Å². The van der Waals surface area contributed by atoms with E-state index in [1.807, 2.05) is 0 Å². The van der Waals surface area contributed by atoms with E-state index in [4.69, 9.17) is 14.2 Å². The van der Waals surface area contributed by atoms with Gasteiger partial charge in [0.25, 0.3) is 5.91 Å². The summed E-state index contributed by atoms with van der Waals surface area (Å²) < 4.78 is 52.7. The average Bonchev–Trinajstić information content (AvgIpc) is 3.11. The molecule has 0 atom stereocenters. The lowest BCUT2D eigenvalue weighted by molar-refractivity contribution is -0.137. The zero-order valence-corrected chi connectivity index (χ0v) is 13.8. The van der Waals surface area contributed by atoms with Crippen molar-refractivity contribution in [1.82, 2.24) is 5.32 Å². The lowest BCUT2D eigenvalue weighted by Gasteiger charge is -2.09. The van der Waals surface area contributed by atoms with Gasteiger partial charge < -0.3 is 19.5 Å². The normalized spacial score (nSPS) is 12.6. The Hall–Kier alpha value is -3.23. The van der Waals surface area contributed by atoms with Crippen LogP contribution in [0.4, 0.5) is 13.2 Å². The maximum Gasteiger partial charge on any atom is 0.416 e. The number of esters is 1. The predicted octanol–water partition coefficient (Wildman–Crippen LogP) is 2.91. The van der Waals surface area contributed by atoms with E-state index in [0.717, 1.165) is 29.8 Å². The maximum absolute atomic E-state index is 12.5. The fourth-order valence-electron chi connectivity index (χ4n) is 2.31. The van der Waals surface area contributed by atoms with Crippen LogP contribution in [0.15, 0.2) is 42.5 Å². The number of hydrogen-bond donors (Lipinski definition) is 1. The molecule has 1 aliphatic rings. The van der Waals surface area contributed by atoms with Crippen molar-refractivity contribution in [2.45, 2.75) is 12.7 Å². The molecule has 6 nitrogen and oxygen atoms in total. The molecule has 1 aliphatic heterocycles. The Morgan fingerprint density at radius 1 is 1.04 bits per heavy atom. The fraction of sp³-hybridized carbons (Fsp3) is 0.222. The Kier molecular flexibility index (Phi) is 5.20. The minimum Gasteiger partial charge on any atom is -0.454 e. The maximum atomic E-state index is 12.5. The van der Waals surface area contributed by atoms with Crippen LogP contribution in [-0.2, 0) is 22.3 Å². The third-order valence-electron chi connectivity index (χ3n) is 3.71. The largest absolute Gasteiger partial charge is 0.454 e. The topological polar surface area (TPSA) is 73.9 Å². The molecule has 27 heavy (non-hydrogen) atoms. The first-order valence-electron chi connectivity index (χ1n) is 7.82. The molecule has 1 N–H and O–H groups in total. The van der Waals surface area contributed by atoms with Crippen molar-refractivity contribution in [2.75, 3.05) is 13.4 Å². The molecule has 9 heteroatoms. The Morgan fingerprint density at radius 2 is 1.74 bits per heavy atom. The van der Waals surface area contributed by atoms with Gasteiger partial charge in [0.15, 0.2) is 18.1 Å². The first-order valence-corrected chi connectivity index (χ1v) is 7.82. The van der Waals surface area contributed by atoms with Crippen LogP contribution in [0, 0.1) is 0 Å². The van der Waals surface area contributed by atoms with Gasteiger partial charge in [-0.2, -0.15) is 13.2 Å². The summed E-state index contributed by atoms with van der Waals surface area (Å²) in [6.07, 6.45) is -4.49. The molecule has 0 saturated heterocycles. The van der Waals surface area contributed by atoms with Crippen LogP contribution in [0.25, 0.3) is 0 Å². The number of rotatable bonds is 5. The van der Waals surface area contributed by atoms with Crippen molar-refractivity contribution in [3.63, 3.8) is 0 Å². The summed E-state index contributed by atoms with van der Waals surface area (Å²) in [4.78, 5) is 23.6. The lowest BCUT2D eigenvalue weighted by Crippen LogP contribution is -2.28. The number of amides is 1. The Labute approximate surface area is 151 Å². The van der Waals surface area contributed by atoms with E-state index in [2.05, 4.69) is 5.32 Å². The molecule has 0 bridgehead atoms. The summed E-state index contributed by atoms with van der Waals surface area (Å²) in [5, 5.41) is 2.56. The second-order valence-electron chi connectivity index (χ2n) is 5.62. The molecule has 1 heterocycles. The average molecular weight is 381 g/mol. The number of alkyl halides is 3. The summed E-state index contributed by atoms with van der Waals surface area (Å²) in [7, 11) is 0. The van der Waals surface area contributed by atoms with Gasteiger partial charge in [0, 0.05) is 6.54 Å². The Morgan fingerprint density at radius 3 is 2.44 bits per heavy atom. The van der Waals surface area contributed by atoms with Gasteiger partial charge in [-0.05, 0) is 42.0 Å². The Balaban J connectivity index is 1.46. The highest BCUT2D eigenvalue weighted by atomic mass is 19.4.